The molecule has 8 heteroatoms. The first kappa shape index (κ1) is 25.5. The summed E-state index contributed by atoms with van der Waals surface area (Å²) in [6.45, 7) is 3.82. The van der Waals surface area contributed by atoms with Crippen LogP contribution >= 0.6 is 0 Å². The lowest BCUT2D eigenvalue weighted by Crippen LogP contribution is -2.35. The van der Waals surface area contributed by atoms with Gasteiger partial charge >= 0.3 is 6.09 Å². The number of amides is 3. The van der Waals surface area contributed by atoms with Crippen LogP contribution in [0.4, 0.5) is 4.79 Å². The van der Waals surface area contributed by atoms with E-state index in [9.17, 15) is 19.5 Å². The second kappa shape index (κ2) is 11.3. The molecule has 182 valence electrons. The first-order valence-electron chi connectivity index (χ1n) is 11.1. The van der Waals surface area contributed by atoms with Crippen LogP contribution in [0.25, 0.3) is 10.8 Å². The van der Waals surface area contributed by atoms with Gasteiger partial charge in [0.2, 0.25) is 0 Å². The van der Waals surface area contributed by atoms with Gasteiger partial charge in [0, 0.05) is 28.0 Å². The van der Waals surface area contributed by atoms with Crippen molar-refractivity contribution in [2.75, 3.05) is 0 Å². The molecule has 0 heterocycles. The van der Waals surface area contributed by atoms with Gasteiger partial charge in [-0.05, 0) is 36.4 Å². The number of benzene rings is 3. The minimum atomic E-state index is -0.899. The molecule has 1 atom stereocenters. The van der Waals surface area contributed by atoms with Crippen LogP contribution < -0.4 is 10.8 Å². The van der Waals surface area contributed by atoms with E-state index in [0.717, 1.165) is 0 Å². The van der Waals surface area contributed by atoms with E-state index in [1.54, 1.807) is 60.7 Å². The summed E-state index contributed by atoms with van der Waals surface area (Å²) in [5, 5.41) is 22.6. The Morgan fingerprint density at radius 3 is 2.31 bits per heavy atom. The van der Waals surface area contributed by atoms with Crippen molar-refractivity contribution in [1.29, 1.82) is 0 Å². The Kier molecular flexibility index (Phi) is 8.22. The standard InChI is InChI=1S/C27H28N2O6/c1-27(2,17-9-8-14-23(31)29-34)24(21-15-16-22(30)20-13-7-6-12-19(20)21)35-26(33)28-25(32)18-10-4-3-5-11-18/h3-8,10-16,24,30,34H,9,17H2,1-2H3,(H,29,31)(H,28,32,33)/b14-8+/t24-/m1/s1. The van der Waals surface area contributed by atoms with Crippen molar-refractivity contribution in [3.63, 3.8) is 0 Å². The lowest BCUT2D eigenvalue weighted by molar-refractivity contribution is -0.124. The predicted molar refractivity (Wildman–Crippen MR) is 131 cm³/mol. The van der Waals surface area contributed by atoms with Crippen molar-refractivity contribution in [2.24, 2.45) is 5.41 Å². The smallest absolute Gasteiger partial charge is 0.414 e. The zero-order valence-electron chi connectivity index (χ0n) is 19.5. The number of hydrogen-bond donors (Lipinski definition) is 4. The van der Waals surface area contributed by atoms with Gasteiger partial charge in [-0.25, -0.2) is 10.3 Å². The number of ether oxygens (including phenoxy) is 1. The number of phenolic OH excluding ortho intramolecular Hbond substituents is 1. The number of fused-ring (bicyclic) bond motifs is 1. The molecule has 0 aliphatic rings. The molecule has 0 spiro atoms. The Bertz CT molecular complexity index is 1240. The van der Waals surface area contributed by atoms with E-state index in [-0.39, 0.29) is 5.75 Å². The fourth-order valence-electron chi connectivity index (χ4n) is 3.88. The molecule has 4 N–H and O–H groups in total. The van der Waals surface area contributed by atoms with Gasteiger partial charge < -0.3 is 9.84 Å². The Morgan fingerprint density at radius 1 is 0.971 bits per heavy atom. The van der Waals surface area contributed by atoms with Crippen LogP contribution in [-0.4, -0.2) is 28.2 Å². The molecule has 8 nitrogen and oxygen atoms in total. The molecule has 3 amide bonds. The number of hydrogen-bond acceptors (Lipinski definition) is 6. The van der Waals surface area contributed by atoms with E-state index in [4.69, 9.17) is 9.94 Å². The van der Waals surface area contributed by atoms with Crippen LogP contribution in [0.1, 0.15) is 48.7 Å². The minimum Gasteiger partial charge on any atom is -0.507 e. The molecule has 0 saturated heterocycles. The minimum absolute atomic E-state index is 0.0996. The summed E-state index contributed by atoms with van der Waals surface area (Å²) in [5.74, 6) is -1.12. The van der Waals surface area contributed by atoms with E-state index in [1.807, 2.05) is 26.0 Å². The summed E-state index contributed by atoms with van der Waals surface area (Å²) in [5.41, 5.74) is 1.88. The molecule has 0 radical (unpaired) electrons. The maximum absolute atomic E-state index is 12.8. The summed E-state index contributed by atoms with van der Waals surface area (Å²) < 4.78 is 5.84. The molecule has 0 saturated carbocycles. The van der Waals surface area contributed by atoms with Gasteiger partial charge in [-0.2, -0.15) is 0 Å². The van der Waals surface area contributed by atoms with Gasteiger partial charge in [0.15, 0.2) is 0 Å². The SMILES string of the molecule is CC(C)(CC/C=C/C(=O)NO)[C@H](OC(=O)NC(=O)c1ccccc1)c1ccc(O)c2ccccc12. The van der Waals surface area contributed by atoms with Gasteiger partial charge in [0.1, 0.15) is 11.9 Å². The molecule has 0 aliphatic heterocycles. The van der Waals surface area contributed by atoms with Crippen molar-refractivity contribution >= 4 is 28.7 Å². The molecule has 0 unspecified atom stereocenters. The summed E-state index contributed by atoms with van der Waals surface area (Å²) in [4.78, 5) is 36.5. The topological polar surface area (TPSA) is 125 Å². The van der Waals surface area contributed by atoms with Crippen molar-refractivity contribution in [2.45, 2.75) is 32.8 Å². The summed E-state index contributed by atoms with van der Waals surface area (Å²) in [6, 6.07) is 18.8. The molecule has 3 rings (SSSR count). The highest BCUT2D eigenvalue weighted by Crippen LogP contribution is 2.44. The van der Waals surface area contributed by atoms with E-state index < -0.39 is 29.4 Å². The van der Waals surface area contributed by atoms with Crippen LogP contribution in [0.15, 0.2) is 78.9 Å². The average Bonchev–Trinajstić information content (AvgIpc) is 2.86. The highest BCUT2D eigenvalue weighted by Gasteiger charge is 2.35. The number of hydroxylamine groups is 1. The van der Waals surface area contributed by atoms with Crippen LogP contribution in [0, 0.1) is 5.41 Å². The van der Waals surface area contributed by atoms with Gasteiger partial charge in [0.25, 0.3) is 11.8 Å². The molecule has 0 aliphatic carbocycles. The highest BCUT2D eigenvalue weighted by atomic mass is 16.6. The molecule has 0 aromatic heterocycles. The number of allylic oxidation sites excluding steroid dienone is 1. The Hall–Kier alpha value is -4.17. The molecule has 35 heavy (non-hydrogen) atoms. The fraction of sp³-hybridized carbons (Fsp3) is 0.222. The average molecular weight is 477 g/mol. The largest absolute Gasteiger partial charge is 0.507 e. The van der Waals surface area contributed by atoms with Gasteiger partial charge in [0.05, 0.1) is 0 Å². The Labute approximate surface area is 203 Å². The monoisotopic (exact) mass is 476 g/mol. The third kappa shape index (κ3) is 6.45. The molecule has 0 bridgehead atoms. The molecule has 3 aromatic rings. The Balaban J connectivity index is 1.91. The summed E-state index contributed by atoms with van der Waals surface area (Å²) in [7, 11) is 0. The maximum atomic E-state index is 12.8. The number of aromatic hydroxyl groups is 1. The fourth-order valence-corrected chi connectivity index (χ4v) is 3.88. The summed E-state index contributed by atoms with van der Waals surface area (Å²) in [6.07, 6.45) is 2.09. The van der Waals surface area contributed by atoms with E-state index in [2.05, 4.69) is 5.32 Å². The van der Waals surface area contributed by atoms with Crippen molar-refractivity contribution in [3.05, 3.63) is 90.0 Å². The van der Waals surface area contributed by atoms with Crippen LogP contribution in [0.2, 0.25) is 0 Å². The van der Waals surface area contributed by atoms with Gasteiger partial charge in [-0.1, -0.05) is 68.5 Å². The zero-order valence-corrected chi connectivity index (χ0v) is 19.5. The molecular weight excluding hydrogens is 448 g/mol. The second-order valence-electron chi connectivity index (χ2n) is 8.73. The van der Waals surface area contributed by atoms with Gasteiger partial charge in [-0.15, -0.1) is 0 Å². The molecule has 3 aromatic carbocycles. The van der Waals surface area contributed by atoms with Crippen LogP contribution in [0.3, 0.4) is 0 Å². The number of carbonyl (C=O) groups is 3. The molecular formula is C27H28N2O6. The number of carbonyl (C=O) groups excluding carboxylic acids is 3. The maximum Gasteiger partial charge on any atom is 0.414 e. The van der Waals surface area contributed by atoms with Crippen molar-refractivity contribution in [1.82, 2.24) is 10.8 Å². The lowest BCUT2D eigenvalue weighted by atomic mass is 9.77. The Morgan fingerprint density at radius 2 is 1.63 bits per heavy atom. The third-order valence-corrected chi connectivity index (χ3v) is 5.74. The number of imide groups is 1. The summed E-state index contributed by atoms with van der Waals surface area (Å²) >= 11 is 0. The molecule has 0 fully saturated rings. The van der Waals surface area contributed by atoms with E-state index in [1.165, 1.54) is 11.6 Å². The normalized spacial score (nSPS) is 12.3. The number of rotatable bonds is 8. The van der Waals surface area contributed by atoms with Crippen molar-refractivity contribution < 1.29 is 29.4 Å². The van der Waals surface area contributed by atoms with E-state index in [0.29, 0.717) is 34.7 Å². The number of alkyl carbamates (subject to hydrolysis) is 1. The predicted octanol–water partition coefficient (Wildman–Crippen LogP) is 5.02. The lowest BCUT2D eigenvalue weighted by Gasteiger charge is -2.34. The number of nitrogens with one attached hydrogen (secondary N) is 2. The quantitative estimate of drug-likeness (QED) is 0.206. The third-order valence-electron chi connectivity index (χ3n) is 5.74. The van der Waals surface area contributed by atoms with Crippen LogP contribution in [-0.2, 0) is 9.53 Å². The first-order chi connectivity index (χ1) is 16.7. The van der Waals surface area contributed by atoms with Gasteiger partial charge in [-0.3, -0.25) is 20.1 Å². The first-order valence-corrected chi connectivity index (χ1v) is 11.1. The van der Waals surface area contributed by atoms with Crippen LogP contribution in [0.5, 0.6) is 5.75 Å². The highest BCUT2D eigenvalue weighted by molar-refractivity contribution is 6.03. The number of phenols is 1. The second-order valence-corrected chi connectivity index (χ2v) is 8.73. The van der Waals surface area contributed by atoms with Crippen molar-refractivity contribution in [3.8, 4) is 5.75 Å². The zero-order chi connectivity index (χ0) is 25.4. The van der Waals surface area contributed by atoms with E-state index >= 15 is 0 Å².